The van der Waals surface area contributed by atoms with Gasteiger partial charge in [0.25, 0.3) is 0 Å². The third kappa shape index (κ3) is 4.94. The lowest BCUT2D eigenvalue weighted by molar-refractivity contribution is -0.134. The molecule has 6 nitrogen and oxygen atoms in total. The molecule has 2 aromatic rings. The van der Waals surface area contributed by atoms with Crippen molar-refractivity contribution in [1.82, 2.24) is 0 Å². The summed E-state index contributed by atoms with van der Waals surface area (Å²) in [6, 6.07) is 9.07. The van der Waals surface area contributed by atoms with Gasteiger partial charge in [-0.3, -0.25) is 4.79 Å². The smallest absolute Gasteiger partial charge is 0.311 e. The van der Waals surface area contributed by atoms with E-state index in [-0.39, 0.29) is 12.4 Å². The Morgan fingerprint density at radius 2 is 1.33 bits per heavy atom. The fourth-order valence-electron chi connectivity index (χ4n) is 2.46. The number of esters is 1. The van der Waals surface area contributed by atoms with Crippen LogP contribution in [0, 0.1) is 0 Å². The monoisotopic (exact) mass is 372 g/mol. The highest BCUT2D eigenvalue weighted by molar-refractivity contribution is 5.76. The Hall–Kier alpha value is -3.15. The highest BCUT2D eigenvalue weighted by atomic mass is 16.6. The molecule has 2 rings (SSSR count). The van der Waals surface area contributed by atoms with Crippen LogP contribution < -0.4 is 23.7 Å². The molecule has 0 amide bonds. The summed E-state index contributed by atoms with van der Waals surface area (Å²) >= 11 is 0. The lowest BCUT2D eigenvalue weighted by atomic mass is 10.1. The zero-order valence-electron chi connectivity index (χ0n) is 16.2. The lowest BCUT2D eigenvalue weighted by Gasteiger charge is -2.13. The molecule has 2 aromatic carbocycles. The van der Waals surface area contributed by atoms with Crippen LogP contribution in [0.5, 0.6) is 28.7 Å². The van der Waals surface area contributed by atoms with E-state index >= 15 is 0 Å². The number of methoxy groups -OCH3 is 4. The van der Waals surface area contributed by atoms with Gasteiger partial charge in [0.1, 0.15) is 0 Å². The Balaban J connectivity index is 2.34. The quantitative estimate of drug-likeness (QED) is 0.393. The van der Waals surface area contributed by atoms with Crippen molar-refractivity contribution in [1.29, 1.82) is 0 Å². The molecule has 0 bridgehead atoms. The van der Waals surface area contributed by atoms with E-state index in [1.54, 1.807) is 40.4 Å². The summed E-state index contributed by atoms with van der Waals surface area (Å²) in [5.41, 5.74) is 1.72. The molecule has 0 atom stereocenters. The first-order chi connectivity index (χ1) is 13.1. The summed E-state index contributed by atoms with van der Waals surface area (Å²) in [4.78, 5) is 11.6. The summed E-state index contributed by atoms with van der Waals surface area (Å²) in [7, 11) is 6.24. The molecule has 0 fully saturated rings. The average molecular weight is 372 g/mol. The number of benzene rings is 2. The van der Waals surface area contributed by atoms with E-state index in [1.807, 2.05) is 30.4 Å². The van der Waals surface area contributed by atoms with Crippen molar-refractivity contribution >= 4 is 18.1 Å². The van der Waals surface area contributed by atoms with E-state index in [0.717, 1.165) is 11.1 Å². The Morgan fingerprint density at radius 1 is 0.778 bits per heavy atom. The zero-order valence-corrected chi connectivity index (χ0v) is 16.2. The molecule has 0 saturated carbocycles. The van der Waals surface area contributed by atoms with Gasteiger partial charge >= 0.3 is 5.97 Å². The van der Waals surface area contributed by atoms with E-state index in [1.165, 1.54) is 7.11 Å². The second-order valence-electron chi connectivity index (χ2n) is 5.53. The fourth-order valence-corrected chi connectivity index (χ4v) is 2.46. The molecule has 0 aliphatic carbocycles. The molecular weight excluding hydrogens is 348 g/mol. The van der Waals surface area contributed by atoms with Crippen molar-refractivity contribution < 1.29 is 28.5 Å². The van der Waals surface area contributed by atoms with E-state index < -0.39 is 0 Å². The third-order valence-corrected chi connectivity index (χ3v) is 3.86. The Kier molecular flexibility index (Phi) is 7.11. The zero-order chi connectivity index (χ0) is 19.8. The maximum absolute atomic E-state index is 11.6. The van der Waals surface area contributed by atoms with Gasteiger partial charge in [-0.1, -0.05) is 25.1 Å². The van der Waals surface area contributed by atoms with E-state index in [9.17, 15) is 4.79 Å². The van der Waals surface area contributed by atoms with Gasteiger partial charge in [-0.05, 0) is 35.4 Å². The molecule has 0 N–H and O–H groups in total. The molecule has 144 valence electrons. The molecule has 0 unspecified atom stereocenters. The third-order valence-electron chi connectivity index (χ3n) is 3.86. The van der Waals surface area contributed by atoms with Crippen LogP contribution >= 0.6 is 0 Å². The van der Waals surface area contributed by atoms with Crippen LogP contribution in [0.2, 0.25) is 0 Å². The molecular formula is C21H24O6. The van der Waals surface area contributed by atoms with Crippen molar-refractivity contribution in [3.63, 3.8) is 0 Å². The first kappa shape index (κ1) is 20.2. The number of hydrogen-bond donors (Lipinski definition) is 0. The summed E-state index contributed by atoms with van der Waals surface area (Å²) in [5, 5.41) is 0. The molecule has 6 heteroatoms. The van der Waals surface area contributed by atoms with Crippen molar-refractivity contribution in [2.45, 2.75) is 13.3 Å². The minimum absolute atomic E-state index is 0.286. The minimum Gasteiger partial charge on any atom is -0.493 e. The summed E-state index contributed by atoms with van der Waals surface area (Å²) in [6.45, 7) is 1.74. The predicted octanol–water partition coefficient (Wildman–Crippen LogP) is 4.21. The first-order valence-corrected chi connectivity index (χ1v) is 8.43. The maximum Gasteiger partial charge on any atom is 0.311 e. The number of rotatable bonds is 8. The number of hydrogen-bond acceptors (Lipinski definition) is 6. The summed E-state index contributed by atoms with van der Waals surface area (Å²) < 4.78 is 26.6. The Bertz CT molecular complexity index is 800. The largest absolute Gasteiger partial charge is 0.493 e. The van der Waals surface area contributed by atoms with Crippen LogP contribution in [-0.4, -0.2) is 34.4 Å². The number of ether oxygens (including phenoxy) is 5. The van der Waals surface area contributed by atoms with Gasteiger partial charge in [-0.15, -0.1) is 0 Å². The molecule has 0 saturated heterocycles. The molecule has 0 aromatic heterocycles. The maximum atomic E-state index is 11.6. The first-order valence-electron chi connectivity index (χ1n) is 8.43. The molecule has 0 heterocycles. The topological polar surface area (TPSA) is 63.2 Å². The van der Waals surface area contributed by atoms with Crippen LogP contribution in [0.15, 0.2) is 30.3 Å². The van der Waals surface area contributed by atoms with Crippen molar-refractivity contribution in [3.8, 4) is 28.7 Å². The molecule has 0 aliphatic rings. The van der Waals surface area contributed by atoms with Gasteiger partial charge in [0.2, 0.25) is 5.75 Å². The van der Waals surface area contributed by atoms with Crippen LogP contribution in [0.3, 0.4) is 0 Å². The van der Waals surface area contributed by atoms with Gasteiger partial charge in [-0.25, -0.2) is 0 Å². The summed E-state index contributed by atoms with van der Waals surface area (Å²) in [5.74, 6) is 2.25. The second-order valence-corrected chi connectivity index (χ2v) is 5.53. The predicted molar refractivity (Wildman–Crippen MR) is 104 cm³/mol. The van der Waals surface area contributed by atoms with Gasteiger partial charge < -0.3 is 23.7 Å². The SMILES string of the molecule is CCC(=O)Oc1cc(C=Cc2cc(OC)c(OC)c(OC)c2)ccc1OC. The van der Waals surface area contributed by atoms with Gasteiger partial charge in [-0.2, -0.15) is 0 Å². The second kappa shape index (κ2) is 9.52. The lowest BCUT2D eigenvalue weighted by Crippen LogP contribution is -2.06. The number of carbonyl (C=O) groups excluding carboxylic acids is 1. The average Bonchev–Trinajstić information content (AvgIpc) is 2.71. The fraction of sp³-hybridized carbons (Fsp3) is 0.286. The van der Waals surface area contributed by atoms with E-state index in [2.05, 4.69) is 0 Å². The molecule has 0 aliphatic heterocycles. The normalized spacial score (nSPS) is 10.6. The van der Waals surface area contributed by atoms with Crippen LogP contribution in [-0.2, 0) is 4.79 Å². The van der Waals surface area contributed by atoms with Crippen LogP contribution in [0.1, 0.15) is 24.5 Å². The van der Waals surface area contributed by atoms with Crippen molar-refractivity contribution in [3.05, 3.63) is 41.5 Å². The molecule has 0 spiro atoms. The Morgan fingerprint density at radius 3 is 1.85 bits per heavy atom. The van der Waals surface area contributed by atoms with Gasteiger partial charge in [0.15, 0.2) is 23.0 Å². The highest BCUT2D eigenvalue weighted by Gasteiger charge is 2.12. The van der Waals surface area contributed by atoms with E-state index in [0.29, 0.717) is 28.7 Å². The van der Waals surface area contributed by atoms with Crippen molar-refractivity contribution in [2.24, 2.45) is 0 Å². The van der Waals surface area contributed by atoms with Gasteiger partial charge in [0.05, 0.1) is 28.4 Å². The highest BCUT2D eigenvalue weighted by Crippen LogP contribution is 2.38. The molecule has 0 radical (unpaired) electrons. The van der Waals surface area contributed by atoms with E-state index in [4.69, 9.17) is 23.7 Å². The number of carbonyl (C=O) groups is 1. The standard InChI is InChI=1S/C21H24O6/c1-6-20(22)27-17-11-14(9-10-16(17)23-2)7-8-15-12-18(24-3)21(26-5)19(13-15)25-4/h7-13H,6H2,1-5H3. The van der Waals surface area contributed by atoms with Gasteiger partial charge in [0, 0.05) is 6.42 Å². The molecule has 27 heavy (non-hydrogen) atoms. The Labute approximate surface area is 159 Å². The van der Waals surface area contributed by atoms with Crippen LogP contribution in [0.25, 0.3) is 12.2 Å². The summed E-state index contributed by atoms with van der Waals surface area (Å²) in [6.07, 6.45) is 4.08. The van der Waals surface area contributed by atoms with Crippen molar-refractivity contribution in [2.75, 3.05) is 28.4 Å². The van der Waals surface area contributed by atoms with Crippen LogP contribution in [0.4, 0.5) is 0 Å². The minimum atomic E-state index is -0.320.